The molecule has 0 aliphatic carbocycles. The summed E-state index contributed by atoms with van der Waals surface area (Å²) in [5, 5.41) is 0.141. The molecule has 6 heteroatoms. The van der Waals surface area contributed by atoms with Crippen LogP contribution in [-0.2, 0) is 9.84 Å². The van der Waals surface area contributed by atoms with E-state index in [0.29, 0.717) is 4.60 Å². The molecule has 0 unspecified atom stereocenters. The number of sulfone groups is 1. The van der Waals surface area contributed by atoms with Gasteiger partial charge in [0.25, 0.3) is 0 Å². The lowest BCUT2D eigenvalue weighted by Crippen LogP contribution is -2.14. The van der Waals surface area contributed by atoms with Crippen molar-refractivity contribution in [2.75, 3.05) is 5.75 Å². The third-order valence-corrected chi connectivity index (χ3v) is 4.10. The Morgan fingerprint density at radius 2 is 2.14 bits per heavy atom. The maximum Gasteiger partial charge on any atom is 0.228 e. The van der Waals surface area contributed by atoms with E-state index in [1.807, 2.05) is 13.8 Å². The molecule has 0 radical (unpaired) electrons. The van der Waals surface area contributed by atoms with Crippen molar-refractivity contribution in [3.63, 3.8) is 0 Å². The zero-order chi connectivity index (χ0) is 10.9. The Kier molecular flexibility index (Phi) is 3.36. The molecule has 4 nitrogen and oxygen atoms in total. The van der Waals surface area contributed by atoms with Gasteiger partial charge >= 0.3 is 0 Å². The minimum atomic E-state index is -3.23. The second kappa shape index (κ2) is 4.02. The van der Waals surface area contributed by atoms with E-state index in [0.717, 1.165) is 0 Å². The molecule has 0 bridgehead atoms. The summed E-state index contributed by atoms with van der Waals surface area (Å²) >= 11 is 3.28. The van der Waals surface area contributed by atoms with Crippen molar-refractivity contribution in [2.45, 2.75) is 32.0 Å². The maximum atomic E-state index is 11.6. The van der Waals surface area contributed by atoms with E-state index in [-0.39, 0.29) is 17.0 Å². The molecule has 14 heavy (non-hydrogen) atoms. The van der Waals surface area contributed by atoms with Gasteiger partial charge in [0, 0.05) is 6.04 Å². The molecule has 0 N–H and O–H groups in total. The monoisotopic (exact) mass is 280 g/mol. The van der Waals surface area contributed by atoms with Crippen molar-refractivity contribution in [1.82, 2.24) is 9.55 Å². The SMILES string of the molecule is CCS(=O)(=O)c1ncc(Br)n1C(C)C. The number of halogens is 1. The van der Waals surface area contributed by atoms with Crippen LogP contribution < -0.4 is 0 Å². The third-order valence-electron chi connectivity index (χ3n) is 1.89. The Labute approximate surface area is 92.4 Å². The van der Waals surface area contributed by atoms with Crippen molar-refractivity contribution in [3.8, 4) is 0 Å². The molecular weight excluding hydrogens is 268 g/mol. The lowest BCUT2D eigenvalue weighted by Gasteiger charge is -2.12. The van der Waals surface area contributed by atoms with Crippen LogP contribution in [0.1, 0.15) is 26.8 Å². The molecule has 80 valence electrons. The minimum absolute atomic E-state index is 0.0724. The minimum Gasteiger partial charge on any atom is -0.307 e. The zero-order valence-corrected chi connectivity index (χ0v) is 10.8. The van der Waals surface area contributed by atoms with Crippen LogP contribution in [0.2, 0.25) is 0 Å². The molecule has 1 rings (SSSR count). The van der Waals surface area contributed by atoms with Crippen LogP contribution >= 0.6 is 15.9 Å². The summed E-state index contributed by atoms with van der Waals surface area (Å²) in [6.07, 6.45) is 1.52. The highest BCUT2D eigenvalue weighted by atomic mass is 79.9. The Morgan fingerprint density at radius 1 is 1.57 bits per heavy atom. The predicted octanol–water partition coefficient (Wildman–Crippen LogP) is 2.02. The van der Waals surface area contributed by atoms with E-state index in [1.54, 1.807) is 11.5 Å². The Hall–Kier alpha value is -0.360. The van der Waals surface area contributed by atoms with Crippen molar-refractivity contribution in [3.05, 3.63) is 10.8 Å². The summed E-state index contributed by atoms with van der Waals surface area (Å²) in [6, 6.07) is 0.0724. The van der Waals surface area contributed by atoms with E-state index in [9.17, 15) is 8.42 Å². The van der Waals surface area contributed by atoms with E-state index in [2.05, 4.69) is 20.9 Å². The Bertz CT molecular complexity index is 423. The van der Waals surface area contributed by atoms with E-state index >= 15 is 0 Å². The smallest absolute Gasteiger partial charge is 0.228 e. The van der Waals surface area contributed by atoms with Gasteiger partial charge in [-0.2, -0.15) is 0 Å². The van der Waals surface area contributed by atoms with Gasteiger partial charge in [-0.05, 0) is 29.8 Å². The van der Waals surface area contributed by atoms with Gasteiger partial charge in [0.1, 0.15) is 4.60 Å². The van der Waals surface area contributed by atoms with Crippen molar-refractivity contribution in [2.24, 2.45) is 0 Å². The summed E-state index contributed by atoms with van der Waals surface area (Å²) in [4.78, 5) is 3.91. The number of imidazole rings is 1. The lowest BCUT2D eigenvalue weighted by molar-refractivity contribution is 0.514. The highest BCUT2D eigenvalue weighted by Crippen LogP contribution is 2.22. The molecule has 0 saturated heterocycles. The van der Waals surface area contributed by atoms with Gasteiger partial charge in [0.2, 0.25) is 15.0 Å². The fraction of sp³-hybridized carbons (Fsp3) is 0.625. The molecule has 0 aliphatic heterocycles. The fourth-order valence-electron chi connectivity index (χ4n) is 1.15. The van der Waals surface area contributed by atoms with Gasteiger partial charge in [-0.1, -0.05) is 6.92 Å². The van der Waals surface area contributed by atoms with Crippen LogP contribution in [0.5, 0.6) is 0 Å². The molecule has 1 heterocycles. The topological polar surface area (TPSA) is 52.0 Å². The average molecular weight is 281 g/mol. The lowest BCUT2D eigenvalue weighted by atomic mass is 10.4. The van der Waals surface area contributed by atoms with Gasteiger partial charge in [-0.3, -0.25) is 0 Å². The van der Waals surface area contributed by atoms with E-state index in [1.165, 1.54) is 6.20 Å². The summed E-state index contributed by atoms with van der Waals surface area (Å²) in [6.45, 7) is 5.45. The molecule has 0 aliphatic rings. The first-order valence-corrected chi connectivity index (χ1v) is 6.80. The van der Waals surface area contributed by atoms with E-state index < -0.39 is 9.84 Å². The molecule has 0 saturated carbocycles. The molecule has 1 aromatic rings. The Morgan fingerprint density at radius 3 is 2.57 bits per heavy atom. The molecule has 0 aromatic carbocycles. The van der Waals surface area contributed by atoms with Gasteiger partial charge in [-0.25, -0.2) is 13.4 Å². The van der Waals surface area contributed by atoms with Crippen LogP contribution in [0.25, 0.3) is 0 Å². The third kappa shape index (κ3) is 2.00. The van der Waals surface area contributed by atoms with Gasteiger partial charge in [0.15, 0.2) is 0 Å². The fourth-order valence-corrected chi connectivity index (χ4v) is 3.03. The van der Waals surface area contributed by atoms with Crippen LogP contribution in [0.4, 0.5) is 0 Å². The largest absolute Gasteiger partial charge is 0.307 e. The van der Waals surface area contributed by atoms with Gasteiger partial charge < -0.3 is 4.57 Å². The standard InChI is InChI=1S/C8H13BrN2O2S/c1-4-14(12,13)8-10-5-7(9)11(8)6(2)3/h5-6H,4H2,1-3H3. The summed E-state index contributed by atoms with van der Waals surface area (Å²) in [5.41, 5.74) is 0. The van der Waals surface area contributed by atoms with E-state index in [4.69, 9.17) is 0 Å². The number of nitrogens with zero attached hydrogens (tertiary/aromatic N) is 2. The van der Waals surface area contributed by atoms with Crippen molar-refractivity contribution >= 4 is 25.8 Å². The van der Waals surface area contributed by atoms with Gasteiger partial charge in [0.05, 0.1) is 11.9 Å². The number of hydrogen-bond acceptors (Lipinski definition) is 3. The number of rotatable bonds is 3. The number of aromatic nitrogens is 2. The number of hydrogen-bond donors (Lipinski definition) is 0. The normalized spacial score (nSPS) is 12.4. The second-order valence-electron chi connectivity index (χ2n) is 3.23. The summed E-state index contributed by atoms with van der Waals surface area (Å²) < 4.78 is 25.6. The van der Waals surface area contributed by atoms with Crippen LogP contribution in [0, 0.1) is 0 Å². The molecule has 0 atom stereocenters. The van der Waals surface area contributed by atoms with Crippen LogP contribution in [-0.4, -0.2) is 23.7 Å². The first-order chi connectivity index (χ1) is 6.40. The quantitative estimate of drug-likeness (QED) is 0.851. The first kappa shape index (κ1) is 11.7. The zero-order valence-electron chi connectivity index (χ0n) is 8.36. The average Bonchev–Trinajstić information content (AvgIpc) is 2.47. The van der Waals surface area contributed by atoms with Crippen molar-refractivity contribution in [1.29, 1.82) is 0 Å². The summed E-state index contributed by atoms with van der Waals surface area (Å²) in [7, 11) is -3.23. The molecular formula is C8H13BrN2O2S. The molecule has 0 amide bonds. The Balaban J connectivity index is 3.37. The highest BCUT2D eigenvalue weighted by molar-refractivity contribution is 9.10. The van der Waals surface area contributed by atoms with Gasteiger partial charge in [-0.15, -0.1) is 0 Å². The summed E-state index contributed by atoms with van der Waals surface area (Å²) in [5.74, 6) is 0.0726. The molecule has 1 aromatic heterocycles. The second-order valence-corrected chi connectivity index (χ2v) is 6.22. The molecule has 0 fully saturated rings. The van der Waals surface area contributed by atoms with Crippen LogP contribution in [0.3, 0.4) is 0 Å². The predicted molar refractivity (Wildman–Crippen MR) is 58.0 cm³/mol. The maximum absolute atomic E-state index is 11.6. The first-order valence-electron chi connectivity index (χ1n) is 4.35. The molecule has 0 spiro atoms. The van der Waals surface area contributed by atoms with Crippen LogP contribution in [0.15, 0.2) is 16.0 Å². The van der Waals surface area contributed by atoms with Crippen molar-refractivity contribution < 1.29 is 8.42 Å². The highest BCUT2D eigenvalue weighted by Gasteiger charge is 2.21.